The van der Waals surface area contributed by atoms with Crippen LogP contribution in [0.25, 0.3) is 6.08 Å². The Morgan fingerprint density at radius 1 is 1.18 bits per heavy atom. The molecule has 2 aromatic carbocycles. The van der Waals surface area contributed by atoms with Gasteiger partial charge in [0.1, 0.15) is 5.75 Å². The topological polar surface area (TPSA) is 133 Å². The highest BCUT2D eigenvalue weighted by Crippen LogP contribution is 2.34. The van der Waals surface area contributed by atoms with Crippen molar-refractivity contribution < 1.29 is 33.6 Å². The van der Waals surface area contributed by atoms with Crippen molar-refractivity contribution in [3.8, 4) is 5.75 Å². The number of amides is 2. The summed E-state index contributed by atoms with van der Waals surface area (Å²) in [5.74, 6) is -1.30. The van der Waals surface area contributed by atoms with Gasteiger partial charge in [0.05, 0.1) is 28.0 Å². The number of nitrogens with zero attached hydrogens (tertiary/aromatic N) is 2. The molecule has 1 heterocycles. The zero-order chi connectivity index (χ0) is 24.1. The van der Waals surface area contributed by atoms with Crippen molar-refractivity contribution in [1.29, 1.82) is 0 Å². The molecule has 0 atom stereocenters. The molecule has 1 aliphatic heterocycles. The second-order valence-electron chi connectivity index (χ2n) is 6.55. The van der Waals surface area contributed by atoms with E-state index in [-0.39, 0.29) is 22.8 Å². The highest BCUT2D eigenvalue weighted by molar-refractivity contribution is 9.10. The number of methoxy groups -OCH3 is 1. The number of hydrogen-bond acceptors (Lipinski definition) is 9. The predicted octanol–water partition coefficient (Wildman–Crippen LogP) is 3.83. The number of imide groups is 1. The second kappa shape index (κ2) is 10.4. The van der Waals surface area contributed by atoms with Gasteiger partial charge in [0.15, 0.2) is 12.4 Å². The molecule has 0 aromatic heterocycles. The summed E-state index contributed by atoms with van der Waals surface area (Å²) in [5, 5.41) is 10.1. The van der Waals surface area contributed by atoms with Gasteiger partial charge in [-0.2, -0.15) is 0 Å². The van der Waals surface area contributed by atoms with Crippen LogP contribution in [-0.4, -0.2) is 53.0 Å². The van der Waals surface area contributed by atoms with E-state index < -0.39 is 34.4 Å². The summed E-state index contributed by atoms with van der Waals surface area (Å²) >= 11 is 4.01. The molecule has 0 unspecified atom stereocenters. The molecule has 33 heavy (non-hydrogen) atoms. The number of hydrogen-bond donors (Lipinski definition) is 0. The number of nitro benzene ring substituents is 1. The molecule has 0 radical (unpaired) electrons. The lowest BCUT2D eigenvalue weighted by atomic mass is 10.1. The fraction of sp³-hybridized carbons (Fsp3) is 0.143. The number of carbonyl (C=O) groups is 4. The molecule has 2 amide bonds. The molecule has 10 nitrogen and oxygen atoms in total. The molecule has 1 fully saturated rings. The smallest absolute Gasteiger partial charge is 0.343 e. The van der Waals surface area contributed by atoms with Crippen LogP contribution < -0.4 is 4.74 Å². The van der Waals surface area contributed by atoms with Gasteiger partial charge in [-0.3, -0.25) is 29.4 Å². The van der Waals surface area contributed by atoms with Gasteiger partial charge >= 0.3 is 5.97 Å². The Morgan fingerprint density at radius 2 is 1.88 bits per heavy atom. The van der Waals surface area contributed by atoms with E-state index in [2.05, 4.69) is 20.7 Å². The average molecular weight is 535 g/mol. The number of nitro groups is 1. The molecule has 170 valence electrons. The van der Waals surface area contributed by atoms with Crippen LogP contribution in [0.5, 0.6) is 5.75 Å². The molecule has 0 bridgehead atoms. The Kier molecular flexibility index (Phi) is 7.61. The SMILES string of the molecule is COC(=O)COc1ccc(/C=C2/SC(=O)N(CC(=O)c3ccc([N+](=O)[O-])cc3)C2=O)cc1Br. The minimum absolute atomic E-state index is 0.131. The highest BCUT2D eigenvalue weighted by atomic mass is 79.9. The van der Waals surface area contributed by atoms with Gasteiger partial charge < -0.3 is 9.47 Å². The second-order valence-corrected chi connectivity index (χ2v) is 8.40. The lowest BCUT2D eigenvalue weighted by Crippen LogP contribution is -2.33. The molecule has 1 saturated heterocycles. The van der Waals surface area contributed by atoms with Crippen LogP contribution in [0.2, 0.25) is 0 Å². The number of Topliss-reactive ketones (excluding diaryl/α,β-unsaturated/α-hetero) is 1. The Bertz CT molecular complexity index is 1180. The lowest BCUT2D eigenvalue weighted by molar-refractivity contribution is -0.384. The summed E-state index contributed by atoms with van der Waals surface area (Å²) in [5.41, 5.74) is 0.558. The first-order chi connectivity index (χ1) is 15.7. The van der Waals surface area contributed by atoms with Crippen LogP contribution in [-0.2, 0) is 14.3 Å². The van der Waals surface area contributed by atoms with E-state index in [4.69, 9.17) is 4.74 Å². The van der Waals surface area contributed by atoms with E-state index in [1.807, 2.05) is 0 Å². The van der Waals surface area contributed by atoms with E-state index in [1.54, 1.807) is 18.2 Å². The monoisotopic (exact) mass is 534 g/mol. The van der Waals surface area contributed by atoms with E-state index in [0.717, 1.165) is 4.90 Å². The minimum atomic E-state index is -0.623. The summed E-state index contributed by atoms with van der Waals surface area (Å²) in [7, 11) is 1.25. The molecule has 12 heteroatoms. The maximum atomic E-state index is 12.7. The van der Waals surface area contributed by atoms with Crippen molar-refractivity contribution in [1.82, 2.24) is 4.90 Å². The molecule has 0 N–H and O–H groups in total. The van der Waals surface area contributed by atoms with E-state index in [9.17, 15) is 29.3 Å². The maximum absolute atomic E-state index is 12.7. The van der Waals surface area contributed by atoms with Crippen molar-refractivity contribution in [2.24, 2.45) is 0 Å². The van der Waals surface area contributed by atoms with Crippen molar-refractivity contribution in [2.45, 2.75) is 0 Å². The Hall–Kier alpha value is -3.51. The zero-order valence-corrected chi connectivity index (χ0v) is 19.4. The minimum Gasteiger partial charge on any atom is -0.481 e. The standard InChI is InChI=1S/C21H15BrN2O8S/c1-31-19(26)11-32-17-7-2-12(8-15(17)22)9-18-20(27)23(21(28)33-18)10-16(25)13-3-5-14(6-4-13)24(29)30/h2-9H,10-11H2,1H3/b18-9+. The van der Waals surface area contributed by atoms with Crippen LogP contribution in [0, 0.1) is 10.1 Å². The average Bonchev–Trinajstić information content (AvgIpc) is 3.05. The summed E-state index contributed by atoms with van der Waals surface area (Å²) in [6.07, 6.45) is 1.50. The molecule has 2 aromatic rings. The summed E-state index contributed by atoms with van der Waals surface area (Å²) in [6.45, 7) is -0.750. The number of halogens is 1. The van der Waals surface area contributed by atoms with Crippen molar-refractivity contribution in [3.05, 3.63) is 73.1 Å². The normalized spacial score (nSPS) is 14.5. The number of non-ortho nitro benzene ring substituents is 1. The van der Waals surface area contributed by atoms with Crippen LogP contribution in [0.1, 0.15) is 15.9 Å². The van der Waals surface area contributed by atoms with Gasteiger partial charge in [-0.1, -0.05) is 6.07 Å². The summed E-state index contributed by atoms with van der Waals surface area (Å²) in [4.78, 5) is 59.7. The van der Waals surface area contributed by atoms with Crippen LogP contribution >= 0.6 is 27.7 Å². The molecule has 1 aliphatic rings. The Balaban J connectivity index is 1.70. The predicted molar refractivity (Wildman–Crippen MR) is 122 cm³/mol. The van der Waals surface area contributed by atoms with Crippen molar-refractivity contribution in [2.75, 3.05) is 20.3 Å². The molecule has 0 aliphatic carbocycles. The fourth-order valence-electron chi connectivity index (χ4n) is 2.71. The van der Waals surface area contributed by atoms with Crippen LogP contribution in [0.4, 0.5) is 10.5 Å². The van der Waals surface area contributed by atoms with Crippen LogP contribution in [0.15, 0.2) is 51.8 Å². The number of esters is 1. The first-order valence-electron chi connectivity index (χ1n) is 9.21. The number of thioether (sulfide) groups is 1. The first kappa shape index (κ1) is 24.1. The third kappa shape index (κ3) is 5.84. The first-order valence-corrected chi connectivity index (χ1v) is 10.8. The third-order valence-electron chi connectivity index (χ3n) is 4.40. The van der Waals surface area contributed by atoms with Crippen molar-refractivity contribution >= 4 is 62.4 Å². The van der Waals surface area contributed by atoms with Crippen molar-refractivity contribution in [3.63, 3.8) is 0 Å². The molecule has 0 spiro atoms. The van der Waals surface area contributed by atoms with E-state index in [0.29, 0.717) is 27.5 Å². The number of ketones is 1. The van der Waals surface area contributed by atoms with Gasteiger partial charge in [0.25, 0.3) is 16.8 Å². The van der Waals surface area contributed by atoms with E-state index >= 15 is 0 Å². The largest absolute Gasteiger partial charge is 0.481 e. The van der Waals surface area contributed by atoms with Crippen LogP contribution in [0.3, 0.4) is 0 Å². The van der Waals surface area contributed by atoms with Gasteiger partial charge in [-0.15, -0.1) is 0 Å². The number of rotatable bonds is 8. The Morgan fingerprint density at radius 3 is 2.48 bits per heavy atom. The van der Waals surface area contributed by atoms with Gasteiger partial charge in [0.2, 0.25) is 0 Å². The number of benzene rings is 2. The van der Waals surface area contributed by atoms with Gasteiger partial charge in [-0.25, -0.2) is 4.79 Å². The summed E-state index contributed by atoms with van der Waals surface area (Å²) in [6, 6.07) is 9.76. The number of ether oxygens (including phenoxy) is 2. The lowest BCUT2D eigenvalue weighted by Gasteiger charge is -2.11. The van der Waals surface area contributed by atoms with E-state index in [1.165, 1.54) is 37.5 Å². The summed E-state index contributed by atoms with van der Waals surface area (Å²) < 4.78 is 10.4. The molecular formula is C21H15BrN2O8S. The molecular weight excluding hydrogens is 520 g/mol. The van der Waals surface area contributed by atoms with Gasteiger partial charge in [-0.05, 0) is 63.6 Å². The molecule has 0 saturated carbocycles. The molecule has 3 rings (SSSR count). The Labute approximate surface area is 199 Å². The van der Waals surface area contributed by atoms with Gasteiger partial charge in [0, 0.05) is 17.7 Å². The maximum Gasteiger partial charge on any atom is 0.343 e. The quantitative estimate of drug-likeness (QED) is 0.163. The zero-order valence-electron chi connectivity index (χ0n) is 17.0. The third-order valence-corrected chi connectivity index (χ3v) is 5.93. The number of carbonyl (C=O) groups excluding carboxylic acids is 4. The highest BCUT2D eigenvalue weighted by Gasteiger charge is 2.36. The fourth-order valence-corrected chi connectivity index (χ4v) is 4.06.